The van der Waals surface area contributed by atoms with E-state index in [-0.39, 0.29) is 23.8 Å². The van der Waals surface area contributed by atoms with Crippen LogP contribution in [0.3, 0.4) is 0 Å². The van der Waals surface area contributed by atoms with Gasteiger partial charge in [0, 0.05) is 12.1 Å². The Hall–Kier alpha value is -2.18. The lowest BCUT2D eigenvalue weighted by atomic mass is 10.2. The summed E-state index contributed by atoms with van der Waals surface area (Å²) < 4.78 is 28.0. The third-order valence-electron chi connectivity index (χ3n) is 2.13. The van der Waals surface area contributed by atoms with Crippen LogP contribution < -0.4 is 15.4 Å². The maximum absolute atomic E-state index is 11.9. The Morgan fingerprint density at radius 1 is 1.21 bits per heavy atom. The van der Waals surface area contributed by atoms with E-state index in [4.69, 9.17) is 0 Å². The molecule has 0 aromatic heterocycles. The third kappa shape index (κ3) is 5.33. The predicted octanol–water partition coefficient (Wildman–Crippen LogP) is 1.15. The number of likely N-dealkylation sites (N-methyl/N-ethyl adjacent to an activating group) is 1. The minimum Gasteiger partial charge on any atom is -0.435 e. The molecular weight excluding hydrogens is 258 g/mol. The van der Waals surface area contributed by atoms with Gasteiger partial charge >= 0.3 is 6.61 Å². The molecule has 0 heterocycles. The van der Waals surface area contributed by atoms with Crippen molar-refractivity contribution < 1.29 is 23.1 Å². The standard InChI is InChI=1S/C12H14F2N2O3/c1-2-15-10(17)7-16-11(18)8-3-5-9(6-4-8)19-12(13)14/h3-6,12H,2,7H2,1H3,(H,15,17)(H,16,18). The average Bonchev–Trinajstić information content (AvgIpc) is 2.36. The second kappa shape index (κ2) is 7.30. The van der Waals surface area contributed by atoms with Crippen molar-refractivity contribution in [3.05, 3.63) is 29.8 Å². The van der Waals surface area contributed by atoms with Crippen LogP contribution in [-0.4, -0.2) is 31.5 Å². The summed E-state index contributed by atoms with van der Waals surface area (Å²) in [5.74, 6) is -0.793. The van der Waals surface area contributed by atoms with Gasteiger partial charge < -0.3 is 15.4 Å². The van der Waals surface area contributed by atoms with E-state index in [2.05, 4.69) is 15.4 Å². The highest BCUT2D eigenvalue weighted by atomic mass is 19.3. The molecule has 0 aliphatic heterocycles. The second-order valence-corrected chi connectivity index (χ2v) is 3.54. The highest BCUT2D eigenvalue weighted by Crippen LogP contribution is 2.14. The van der Waals surface area contributed by atoms with Crippen LogP contribution >= 0.6 is 0 Å². The van der Waals surface area contributed by atoms with Gasteiger partial charge in [-0.25, -0.2) is 0 Å². The third-order valence-corrected chi connectivity index (χ3v) is 2.13. The number of nitrogens with one attached hydrogen (secondary N) is 2. The molecule has 1 rings (SSSR count). The van der Waals surface area contributed by atoms with Gasteiger partial charge in [0.05, 0.1) is 6.54 Å². The maximum Gasteiger partial charge on any atom is 0.387 e. The molecule has 0 unspecified atom stereocenters. The van der Waals surface area contributed by atoms with Crippen LogP contribution in [0, 0.1) is 0 Å². The summed E-state index contributed by atoms with van der Waals surface area (Å²) in [4.78, 5) is 22.7. The number of hydrogen-bond donors (Lipinski definition) is 2. The topological polar surface area (TPSA) is 67.4 Å². The van der Waals surface area contributed by atoms with Crippen molar-refractivity contribution in [2.75, 3.05) is 13.1 Å². The van der Waals surface area contributed by atoms with Crippen LogP contribution in [0.15, 0.2) is 24.3 Å². The molecule has 1 aromatic carbocycles. The number of alkyl halides is 2. The van der Waals surface area contributed by atoms with E-state index in [1.165, 1.54) is 24.3 Å². The molecule has 104 valence electrons. The van der Waals surface area contributed by atoms with Gasteiger partial charge in [-0.05, 0) is 31.2 Å². The van der Waals surface area contributed by atoms with Gasteiger partial charge in [-0.2, -0.15) is 8.78 Å². The lowest BCUT2D eigenvalue weighted by molar-refractivity contribution is -0.120. The van der Waals surface area contributed by atoms with Crippen LogP contribution in [0.25, 0.3) is 0 Å². The molecule has 0 saturated carbocycles. The van der Waals surface area contributed by atoms with E-state index in [1.54, 1.807) is 6.92 Å². The van der Waals surface area contributed by atoms with Gasteiger partial charge in [0.2, 0.25) is 5.91 Å². The number of ether oxygens (including phenoxy) is 1. The molecule has 0 aliphatic rings. The van der Waals surface area contributed by atoms with E-state index in [0.29, 0.717) is 6.54 Å². The van der Waals surface area contributed by atoms with Crippen LogP contribution in [0.1, 0.15) is 17.3 Å². The van der Waals surface area contributed by atoms with Gasteiger partial charge in [0.15, 0.2) is 0 Å². The zero-order valence-electron chi connectivity index (χ0n) is 10.3. The minimum atomic E-state index is -2.91. The molecule has 1 aromatic rings. The summed E-state index contributed by atoms with van der Waals surface area (Å²) in [6, 6.07) is 5.19. The Morgan fingerprint density at radius 2 is 1.84 bits per heavy atom. The van der Waals surface area contributed by atoms with Gasteiger partial charge in [-0.3, -0.25) is 9.59 Å². The van der Waals surface area contributed by atoms with Crippen LogP contribution in [0.2, 0.25) is 0 Å². The summed E-state index contributed by atoms with van der Waals surface area (Å²) in [7, 11) is 0. The molecule has 2 N–H and O–H groups in total. The summed E-state index contributed by atoms with van der Waals surface area (Å²) in [6.45, 7) is -0.796. The first-order valence-corrected chi connectivity index (χ1v) is 5.62. The van der Waals surface area contributed by atoms with Crippen molar-refractivity contribution in [2.24, 2.45) is 0 Å². The van der Waals surface area contributed by atoms with E-state index in [1.807, 2.05) is 0 Å². The van der Waals surface area contributed by atoms with E-state index in [0.717, 1.165) is 0 Å². The lowest BCUT2D eigenvalue weighted by Gasteiger charge is -2.07. The van der Waals surface area contributed by atoms with Crippen molar-refractivity contribution in [1.82, 2.24) is 10.6 Å². The number of hydrogen-bond acceptors (Lipinski definition) is 3. The van der Waals surface area contributed by atoms with Gasteiger partial charge in [0.25, 0.3) is 5.91 Å². The molecule has 5 nitrogen and oxygen atoms in total. The zero-order chi connectivity index (χ0) is 14.3. The van der Waals surface area contributed by atoms with Crippen LogP contribution in [0.4, 0.5) is 8.78 Å². The largest absolute Gasteiger partial charge is 0.435 e. The van der Waals surface area contributed by atoms with Crippen molar-refractivity contribution in [1.29, 1.82) is 0 Å². The quantitative estimate of drug-likeness (QED) is 0.816. The van der Waals surface area contributed by atoms with Crippen LogP contribution in [0.5, 0.6) is 5.75 Å². The lowest BCUT2D eigenvalue weighted by Crippen LogP contribution is -2.36. The first-order chi connectivity index (χ1) is 9.02. The molecule has 0 bridgehead atoms. The minimum absolute atomic E-state index is 0.0322. The highest BCUT2D eigenvalue weighted by Gasteiger charge is 2.09. The molecule has 19 heavy (non-hydrogen) atoms. The summed E-state index contributed by atoms with van der Waals surface area (Å²) in [5.41, 5.74) is 0.255. The van der Waals surface area contributed by atoms with E-state index in [9.17, 15) is 18.4 Å². The molecular formula is C12H14F2N2O3. The average molecular weight is 272 g/mol. The highest BCUT2D eigenvalue weighted by molar-refractivity contribution is 5.96. The molecule has 0 saturated heterocycles. The van der Waals surface area contributed by atoms with Gasteiger partial charge in [-0.1, -0.05) is 0 Å². The first-order valence-electron chi connectivity index (χ1n) is 5.62. The number of rotatable bonds is 6. The molecule has 0 spiro atoms. The molecule has 7 heteroatoms. The fraction of sp³-hybridized carbons (Fsp3) is 0.333. The Labute approximate surface area is 108 Å². The summed E-state index contributed by atoms with van der Waals surface area (Å²) >= 11 is 0. The normalized spacial score (nSPS) is 10.1. The summed E-state index contributed by atoms with van der Waals surface area (Å²) in [5, 5.41) is 4.93. The Bertz CT molecular complexity index is 435. The maximum atomic E-state index is 11.9. The first kappa shape index (κ1) is 14.9. The fourth-order valence-electron chi connectivity index (χ4n) is 1.31. The molecule has 0 atom stereocenters. The Balaban J connectivity index is 2.51. The molecule has 2 amide bonds. The predicted molar refractivity (Wildman–Crippen MR) is 64.1 cm³/mol. The van der Waals surface area contributed by atoms with E-state index >= 15 is 0 Å². The zero-order valence-corrected chi connectivity index (χ0v) is 10.3. The fourth-order valence-corrected chi connectivity index (χ4v) is 1.31. The number of halogens is 2. The van der Waals surface area contributed by atoms with Crippen molar-refractivity contribution >= 4 is 11.8 Å². The second-order valence-electron chi connectivity index (χ2n) is 3.54. The number of carbonyl (C=O) groups excluding carboxylic acids is 2. The number of benzene rings is 1. The van der Waals surface area contributed by atoms with Crippen molar-refractivity contribution in [3.63, 3.8) is 0 Å². The molecule has 0 fully saturated rings. The molecule has 0 radical (unpaired) electrons. The van der Waals surface area contributed by atoms with Crippen molar-refractivity contribution in [3.8, 4) is 5.75 Å². The Morgan fingerprint density at radius 3 is 2.37 bits per heavy atom. The number of amides is 2. The van der Waals surface area contributed by atoms with Gasteiger partial charge in [0.1, 0.15) is 5.75 Å². The summed E-state index contributed by atoms with van der Waals surface area (Å²) in [6.07, 6.45) is 0. The van der Waals surface area contributed by atoms with Crippen LogP contribution in [-0.2, 0) is 4.79 Å². The van der Waals surface area contributed by atoms with Gasteiger partial charge in [-0.15, -0.1) is 0 Å². The number of carbonyl (C=O) groups is 2. The molecule has 0 aliphatic carbocycles. The smallest absolute Gasteiger partial charge is 0.387 e. The van der Waals surface area contributed by atoms with Crippen molar-refractivity contribution in [2.45, 2.75) is 13.5 Å². The van der Waals surface area contributed by atoms with E-state index < -0.39 is 12.5 Å². The Kier molecular flexibility index (Phi) is 5.72. The SMILES string of the molecule is CCNC(=O)CNC(=O)c1ccc(OC(F)F)cc1. The monoisotopic (exact) mass is 272 g/mol.